The zero-order valence-corrected chi connectivity index (χ0v) is 11.5. The summed E-state index contributed by atoms with van der Waals surface area (Å²) >= 11 is 0. The quantitative estimate of drug-likeness (QED) is 0.734. The van der Waals surface area contributed by atoms with E-state index in [2.05, 4.69) is 43.9 Å². The molecular formula is C15H26N2. The minimum Gasteiger partial charge on any atom is -0.399 e. The number of anilines is 1. The van der Waals surface area contributed by atoms with Gasteiger partial charge in [-0.15, -0.1) is 0 Å². The zero-order valence-electron chi connectivity index (χ0n) is 11.5. The van der Waals surface area contributed by atoms with Crippen molar-refractivity contribution in [2.45, 2.75) is 40.0 Å². The highest BCUT2D eigenvalue weighted by Crippen LogP contribution is 2.13. The number of aryl methyl sites for hydroxylation is 1. The normalized spacial score (nSPS) is 11.1. The van der Waals surface area contributed by atoms with Gasteiger partial charge in [-0.25, -0.2) is 0 Å². The average molecular weight is 234 g/mol. The molecule has 0 heterocycles. The Bertz CT molecular complexity index is 328. The van der Waals surface area contributed by atoms with E-state index in [4.69, 9.17) is 5.73 Å². The van der Waals surface area contributed by atoms with Crippen molar-refractivity contribution in [3.8, 4) is 0 Å². The Balaban J connectivity index is 2.49. The lowest BCUT2D eigenvalue weighted by Gasteiger charge is -2.20. The summed E-state index contributed by atoms with van der Waals surface area (Å²) in [7, 11) is 0. The van der Waals surface area contributed by atoms with Crippen LogP contribution in [0.2, 0.25) is 0 Å². The Morgan fingerprint density at radius 2 is 1.71 bits per heavy atom. The van der Waals surface area contributed by atoms with E-state index in [1.165, 1.54) is 37.1 Å². The number of nitrogens with zero attached hydrogens (tertiary/aromatic N) is 1. The fourth-order valence-corrected chi connectivity index (χ4v) is 2.10. The van der Waals surface area contributed by atoms with Crippen molar-refractivity contribution >= 4 is 5.69 Å². The van der Waals surface area contributed by atoms with Crippen LogP contribution in [0.25, 0.3) is 0 Å². The van der Waals surface area contributed by atoms with Crippen LogP contribution in [-0.4, -0.2) is 24.5 Å². The average Bonchev–Trinajstić information content (AvgIpc) is 2.31. The highest BCUT2D eigenvalue weighted by molar-refractivity contribution is 5.48. The van der Waals surface area contributed by atoms with Gasteiger partial charge in [0.1, 0.15) is 0 Å². The summed E-state index contributed by atoms with van der Waals surface area (Å²) in [4.78, 5) is 2.54. The number of nitrogens with two attached hydrogens (primary N) is 1. The van der Waals surface area contributed by atoms with Crippen molar-refractivity contribution in [2.75, 3.05) is 25.4 Å². The number of nitrogen functional groups attached to an aromatic ring is 1. The highest BCUT2D eigenvalue weighted by atomic mass is 15.1. The van der Waals surface area contributed by atoms with E-state index in [1.807, 2.05) is 0 Å². The molecule has 0 saturated heterocycles. The van der Waals surface area contributed by atoms with Gasteiger partial charge in [0.05, 0.1) is 0 Å². The summed E-state index contributed by atoms with van der Waals surface area (Å²) in [5.41, 5.74) is 9.37. The van der Waals surface area contributed by atoms with Gasteiger partial charge < -0.3 is 10.6 Å². The molecule has 0 amide bonds. The van der Waals surface area contributed by atoms with E-state index >= 15 is 0 Å². The first-order chi connectivity index (χ1) is 8.17. The van der Waals surface area contributed by atoms with Gasteiger partial charge in [0.15, 0.2) is 0 Å². The van der Waals surface area contributed by atoms with E-state index < -0.39 is 0 Å². The molecule has 0 spiro atoms. The Morgan fingerprint density at radius 3 is 2.24 bits per heavy atom. The molecule has 2 N–H and O–H groups in total. The van der Waals surface area contributed by atoms with Crippen LogP contribution >= 0.6 is 0 Å². The maximum atomic E-state index is 5.93. The van der Waals surface area contributed by atoms with Crippen LogP contribution in [0.5, 0.6) is 0 Å². The van der Waals surface area contributed by atoms with Crippen LogP contribution in [0.1, 0.15) is 37.8 Å². The predicted octanol–water partition coefficient (Wildman–Crippen LogP) is 3.24. The smallest absolute Gasteiger partial charge is 0.0346 e. The third-order valence-corrected chi connectivity index (χ3v) is 3.14. The van der Waals surface area contributed by atoms with Gasteiger partial charge in [0, 0.05) is 12.2 Å². The molecule has 1 rings (SSSR count). The molecule has 17 heavy (non-hydrogen) atoms. The molecule has 1 aromatic rings. The standard InChI is InChI=1S/C15H26N2/c1-4-9-17(10-5-2)11-8-14-7-6-13(3)15(16)12-14/h6-7,12H,4-5,8-11,16H2,1-3H3. The van der Waals surface area contributed by atoms with Gasteiger partial charge >= 0.3 is 0 Å². The van der Waals surface area contributed by atoms with Gasteiger partial charge in [-0.05, 0) is 56.5 Å². The first kappa shape index (κ1) is 14.0. The topological polar surface area (TPSA) is 29.3 Å². The summed E-state index contributed by atoms with van der Waals surface area (Å²) in [6.07, 6.45) is 3.57. The van der Waals surface area contributed by atoms with Crippen LogP contribution < -0.4 is 5.73 Å². The van der Waals surface area contributed by atoms with Gasteiger partial charge in [-0.3, -0.25) is 0 Å². The summed E-state index contributed by atoms with van der Waals surface area (Å²) in [5, 5.41) is 0. The van der Waals surface area contributed by atoms with Crippen molar-refractivity contribution < 1.29 is 0 Å². The minimum atomic E-state index is 0.917. The molecule has 2 heteroatoms. The van der Waals surface area contributed by atoms with E-state index in [-0.39, 0.29) is 0 Å². The number of benzene rings is 1. The van der Waals surface area contributed by atoms with Crippen molar-refractivity contribution in [3.63, 3.8) is 0 Å². The summed E-state index contributed by atoms with van der Waals surface area (Å²) in [6, 6.07) is 6.43. The molecule has 2 nitrogen and oxygen atoms in total. The van der Waals surface area contributed by atoms with E-state index in [0.717, 1.165) is 18.7 Å². The molecule has 96 valence electrons. The van der Waals surface area contributed by atoms with Crippen LogP contribution in [0.3, 0.4) is 0 Å². The second-order valence-corrected chi connectivity index (χ2v) is 4.78. The van der Waals surface area contributed by atoms with Crippen LogP contribution in [-0.2, 0) is 6.42 Å². The number of hydrogen-bond acceptors (Lipinski definition) is 2. The Kier molecular flexibility index (Phi) is 6.06. The first-order valence-electron chi connectivity index (χ1n) is 6.74. The molecule has 0 aliphatic heterocycles. The Labute approximate surface area is 106 Å². The van der Waals surface area contributed by atoms with Gasteiger partial charge in [0.2, 0.25) is 0 Å². The summed E-state index contributed by atoms with van der Waals surface area (Å²) in [6.45, 7) is 10.1. The fraction of sp³-hybridized carbons (Fsp3) is 0.600. The predicted molar refractivity (Wildman–Crippen MR) is 76.3 cm³/mol. The maximum Gasteiger partial charge on any atom is 0.0346 e. The monoisotopic (exact) mass is 234 g/mol. The molecule has 0 bridgehead atoms. The molecule has 0 aliphatic carbocycles. The number of hydrogen-bond donors (Lipinski definition) is 1. The second kappa shape index (κ2) is 7.33. The Morgan fingerprint density at radius 1 is 1.06 bits per heavy atom. The summed E-state index contributed by atoms with van der Waals surface area (Å²) < 4.78 is 0. The van der Waals surface area contributed by atoms with Crippen LogP contribution in [0.4, 0.5) is 5.69 Å². The van der Waals surface area contributed by atoms with E-state index in [0.29, 0.717) is 0 Å². The molecule has 0 radical (unpaired) electrons. The molecule has 0 aliphatic rings. The lowest BCUT2D eigenvalue weighted by Crippen LogP contribution is -2.27. The first-order valence-corrected chi connectivity index (χ1v) is 6.74. The van der Waals surface area contributed by atoms with E-state index in [9.17, 15) is 0 Å². The lowest BCUT2D eigenvalue weighted by molar-refractivity contribution is 0.278. The molecule has 0 saturated carbocycles. The van der Waals surface area contributed by atoms with Crippen molar-refractivity contribution in [1.82, 2.24) is 4.90 Å². The molecule has 0 unspecified atom stereocenters. The fourth-order valence-electron chi connectivity index (χ4n) is 2.10. The van der Waals surface area contributed by atoms with Gasteiger partial charge in [0.25, 0.3) is 0 Å². The minimum absolute atomic E-state index is 0.917. The molecule has 0 fully saturated rings. The van der Waals surface area contributed by atoms with E-state index in [1.54, 1.807) is 0 Å². The summed E-state index contributed by atoms with van der Waals surface area (Å²) in [5.74, 6) is 0. The van der Waals surface area contributed by atoms with Crippen molar-refractivity contribution in [2.24, 2.45) is 0 Å². The van der Waals surface area contributed by atoms with Crippen LogP contribution in [0.15, 0.2) is 18.2 Å². The zero-order chi connectivity index (χ0) is 12.7. The van der Waals surface area contributed by atoms with Gasteiger partial charge in [-0.2, -0.15) is 0 Å². The maximum absolute atomic E-state index is 5.93. The third-order valence-electron chi connectivity index (χ3n) is 3.14. The van der Waals surface area contributed by atoms with Crippen molar-refractivity contribution in [3.05, 3.63) is 29.3 Å². The Hall–Kier alpha value is -1.02. The molecular weight excluding hydrogens is 208 g/mol. The van der Waals surface area contributed by atoms with Gasteiger partial charge in [-0.1, -0.05) is 26.0 Å². The second-order valence-electron chi connectivity index (χ2n) is 4.78. The number of rotatable bonds is 7. The van der Waals surface area contributed by atoms with Crippen molar-refractivity contribution in [1.29, 1.82) is 0 Å². The largest absolute Gasteiger partial charge is 0.399 e. The molecule has 0 aromatic heterocycles. The molecule has 0 atom stereocenters. The lowest BCUT2D eigenvalue weighted by atomic mass is 10.1. The van der Waals surface area contributed by atoms with Crippen LogP contribution in [0, 0.1) is 6.92 Å². The molecule has 1 aromatic carbocycles. The highest BCUT2D eigenvalue weighted by Gasteiger charge is 2.03. The SMILES string of the molecule is CCCN(CCC)CCc1ccc(C)c(N)c1. The third kappa shape index (κ3) is 4.78.